The fourth-order valence-corrected chi connectivity index (χ4v) is 1.95. The van der Waals surface area contributed by atoms with Crippen LogP contribution in [0.3, 0.4) is 0 Å². The Kier molecular flexibility index (Phi) is 3.50. The van der Waals surface area contributed by atoms with Crippen molar-refractivity contribution in [2.75, 3.05) is 5.73 Å². The van der Waals surface area contributed by atoms with E-state index in [1.807, 2.05) is 6.92 Å². The summed E-state index contributed by atoms with van der Waals surface area (Å²) in [6, 6.07) is 1.65. The number of carbonyl (C=O) groups excluding carboxylic acids is 1. The maximum absolute atomic E-state index is 13.4. The van der Waals surface area contributed by atoms with E-state index in [0.29, 0.717) is 12.0 Å². The van der Waals surface area contributed by atoms with Gasteiger partial charge < -0.3 is 11.1 Å². The van der Waals surface area contributed by atoms with Crippen LogP contribution in [0.25, 0.3) is 0 Å². The van der Waals surface area contributed by atoms with Crippen LogP contribution in [0.15, 0.2) is 12.1 Å². The third-order valence-corrected chi connectivity index (χ3v) is 3.09. The van der Waals surface area contributed by atoms with Gasteiger partial charge >= 0.3 is 0 Å². The second-order valence-corrected chi connectivity index (χ2v) is 4.91. The summed E-state index contributed by atoms with van der Waals surface area (Å²) in [5.41, 5.74) is 4.89. The maximum atomic E-state index is 13.4. The van der Waals surface area contributed by atoms with Crippen molar-refractivity contribution in [2.45, 2.75) is 32.2 Å². The van der Waals surface area contributed by atoms with Crippen molar-refractivity contribution in [3.05, 3.63) is 29.3 Å². The molecule has 0 spiro atoms. The van der Waals surface area contributed by atoms with Gasteiger partial charge in [-0.15, -0.1) is 0 Å². The van der Waals surface area contributed by atoms with Crippen LogP contribution in [-0.2, 0) is 0 Å². The Hall–Kier alpha value is -1.65. The number of nitrogen functional groups attached to an aromatic ring is 1. The lowest BCUT2D eigenvalue weighted by Crippen LogP contribution is -2.33. The van der Waals surface area contributed by atoms with Crippen molar-refractivity contribution in [1.82, 2.24) is 5.32 Å². The molecule has 18 heavy (non-hydrogen) atoms. The number of hydrogen-bond donors (Lipinski definition) is 2. The van der Waals surface area contributed by atoms with Gasteiger partial charge in [0, 0.05) is 12.1 Å². The van der Waals surface area contributed by atoms with Crippen LogP contribution >= 0.6 is 0 Å². The first-order chi connectivity index (χ1) is 8.47. The zero-order valence-electron chi connectivity index (χ0n) is 10.2. The third-order valence-electron chi connectivity index (χ3n) is 3.09. The second kappa shape index (κ2) is 4.92. The predicted molar refractivity (Wildman–Crippen MR) is 65.0 cm³/mol. The fourth-order valence-electron chi connectivity index (χ4n) is 1.95. The van der Waals surface area contributed by atoms with E-state index in [4.69, 9.17) is 5.73 Å². The molecule has 1 aliphatic carbocycles. The fraction of sp³-hybridized carbons (Fsp3) is 0.462. The number of benzene rings is 1. The lowest BCUT2D eigenvalue weighted by molar-refractivity contribution is 0.0933. The molecular weight excluding hydrogens is 238 g/mol. The van der Waals surface area contributed by atoms with E-state index in [2.05, 4.69) is 5.32 Å². The standard InChI is InChI=1S/C13H16F2N2O/c1-7(4-8-2-3-8)17-13(18)9-5-12(16)11(15)6-10(9)14/h5-8H,2-4,16H2,1H3,(H,17,18). The van der Waals surface area contributed by atoms with Crippen molar-refractivity contribution in [3.8, 4) is 0 Å². The summed E-state index contributed by atoms with van der Waals surface area (Å²) in [6.07, 6.45) is 3.28. The van der Waals surface area contributed by atoms with Gasteiger partial charge in [-0.2, -0.15) is 0 Å². The van der Waals surface area contributed by atoms with Gasteiger partial charge in [0.15, 0.2) is 0 Å². The lowest BCUT2D eigenvalue weighted by Gasteiger charge is -2.14. The summed E-state index contributed by atoms with van der Waals surface area (Å²) < 4.78 is 26.4. The molecule has 1 amide bonds. The molecule has 1 aliphatic rings. The minimum atomic E-state index is -0.891. The molecular formula is C13H16F2N2O. The molecule has 5 heteroatoms. The normalized spacial score (nSPS) is 16.4. The quantitative estimate of drug-likeness (QED) is 0.811. The molecule has 3 N–H and O–H groups in total. The van der Waals surface area contributed by atoms with Crippen LogP contribution < -0.4 is 11.1 Å². The SMILES string of the molecule is CC(CC1CC1)NC(=O)c1cc(N)c(F)cc1F. The van der Waals surface area contributed by atoms with Gasteiger partial charge in [0.2, 0.25) is 0 Å². The first-order valence-electron chi connectivity index (χ1n) is 6.02. The highest BCUT2D eigenvalue weighted by Gasteiger charge is 2.25. The van der Waals surface area contributed by atoms with Crippen molar-refractivity contribution in [3.63, 3.8) is 0 Å². The van der Waals surface area contributed by atoms with Gasteiger partial charge in [-0.1, -0.05) is 12.8 Å². The number of halogens is 2. The van der Waals surface area contributed by atoms with Crippen LogP contribution in [0, 0.1) is 17.6 Å². The van der Waals surface area contributed by atoms with Crippen LogP contribution in [0.4, 0.5) is 14.5 Å². The Morgan fingerprint density at radius 3 is 2.72 bits per heavy atom. The predicted octanol–water partition coefficient (Wildman–Crippen LogP) is 2.47. The van der Waals surface area contributed by atoms with Crippen molar-refractivity contribution in [2.24, 2.45) is 5.92 Å². The topological polar surface area (TPSA) is 55.1 Å². The van der Waals surface area contributed by atoms with Crippen LogP contribution in [0.5, 0.6) is 0 Å². The van der Waals surface area contributed by atoms with Gasteiger partial charge in [0.1, 0.15) is 11.6 Å². The molecule has 1 unspecified atom stereocenters. The minimum absolute atomic E-state index is 0.0179. The van der Waals surface area contributed by atoms with Gasteiger partial charge in [0.05, 0.1) is 11.3 Å². The number of nitrogens with two attached hydrogens (primary N) is 1. The largest absolute Gasteiger partial charge is 0.396 e. The summed E-state index contributed by atoms with van der Waals surface area (Å²) in [5.74, 6) is -1.62. The van der Waals surface area contributed by atoms with Gasteiger partial charge in [-0.3, -0.25) is 4.79 Å². The van der Waals surface area contributed by atoms with E-state index in [1.165, 1.54) is 12.8 Å². The van der Waals surface area contributed by atoms with E-state index in [-0.39, 0.29) is 17.3 Å². The van der Waals surface area contributed by atoms with Crippen LogP contribution in [0.1, 0.15) is 36.5 Å². The number of carbonyl (C=O) groups is 1. The Morgan fingerprint density at radius 1 is 1.44 bits per heavy atom. The van der Waals surface area contributed by atoms with Crippen LogP contribution in [0.2, 0.25) is 0 Å². The molecule has 0 bridgehead atoms. The molecule has 1 aromatic carbocycles. The number of nitrogens with one attached hydrogen (secondary N) is 1. The number of rotatable bonds is 4. The minimum Gasteiger partial charge on any atom is -0.396 e. The molecule has 0 radical (unpaired) electrons. The van der Waals surface area contributed by atoms with E-state index < -0.39 is 17.5 Å². The molecule has 1 fully saturated rings. The molecule has 1 atom stereocenters. The van der Waals surface area contributed by atoms with E-state index >= 15 is 0 Å². The smallest absolute Gasteiger partial charge is 0.254 e. The highest BCUT2D eigenvalue weighted by atomic mass is 19.1. The molecule has 98 valence electrons. The number of anilines is 1. The Balaban J connectivity index is 2.05. The third kappa shape index (κ3) is 2.97. The molecule has 0 heterocycles. The molecule has 1 saturated carbocycles. The first kappa shape index (κ1) is 12.8. The van der Waals surface area contributed by atoms with Crippen LogP contribution in [-0.4, -0.2) is 11.9 Å². The van der Waals surface area contributed by atoms with Gasteiger partial charge in [-0.05, 0) is 25.3 Å². The monoisotopic (exact) mass is 254 g/mol. The molecule has 1 aromatic rings. The summed E-state index contributed by atoms with van der Waals surface area (Å²) >= 11 is 0. The molecule has 0 aromatic heterocycles. The van der Waals surface area contributed by atoms with Gasteiger partial charge in [0.25, 0.3) is 5.91 Å². The second-order valence-electron chi connectivity index (χ2n) is 4.91. The lowest BCUT2D eigenvalue weighted by atomic mass is 10.1. The molecule has 0 aliphatic heterocycles. The molecule has 2 rings (SSSR count). The number of amides is 1. The molecule has 0 saturated heterocycles. The first-order valence-corrected chi connectivity index (χ1v) is 6.02. The Labute approximate surface area is 104 Å². The highest BCUT2D eigenvalue weighted by Crippen LogP contribution is 2.33. The summed E-state index contributed by atoms with van der Waals surface area (Å²) in [6.45, 7) is 1.88. The summed E-state index contributed by atoms with van der Waals surface area (Å²) in [5, 5.41) is 2.70. The summed E-state index contributed by atoms with van der Waals surface area (Å²) in [4.78, 5) is 11.8. The summed E-state index contributed by atoms with van der Waals surface area (Å²) in [7, 11) is 0. The zero-order valence-corrected chi connectivity index (χ0v) is 10.2. The van der Waals surface area contributed by atoms with E-state index in [1.54, 1.807) is 0 Å². The van der Waals surface area contributed by atoms with E-state index in [9.17, 15) is 13.6 Å². The average Bonchev–Trinajstić information content (AvgIpc) is 3.06. The van der Waals surface area contributed by atoms with Gasteiger partial charge in [-0.25, -0.2) is 8.78 Å². The average molecular weight is 254 g/mol. The van der Waals surface area contributed by atoms with E-state index in [0.717, 1.165) is 12.5 Å². The van der Waals surface area contributed by atoms with Crippen molar-refractivity contribution < 1.29 is 13.6 Å². The van der Waals surface area contributed by atoms with Crippen molar-refractivity contribution in [1.29, 1.82) is 0 Å². The highest BCUT2D eigenvalue weighted by molar-refractivity contribution is 5.95. The maximum Gasteiger partial charge on any atom is 0.254 e. The molecule has 3 nitrogen and oxygen atoms in total. The van der Waals surface area contributed by atoms with Crippen molar-refractivity contribution >= 4 is 11.6 Å². The zero-order chi connectivity index (χ0) is 13.3. The Bertz CT molecular complexity index is 472. The number of hydrogen-bond acceptors (Lipinski definition) is 2. The Morgan fingerprint density at radius 2 is 2.11 bits per heavy atom.